The van der Waals surface area contributed by atoms with Crippen molar-refractivity contribution in [3.05, 3.63) is 35.9 Å². The highest BCUT2D eigenvalue weighted by atomic mass is 16.5. The van der Waals surface area contributed by atoms with Crippen molar-refractivity contribution in [2.75, 3.05) is 13.2 Å². The summed E-state index contributed by atoms with van der Waals surface area (Å²) >= 11 is 0. The second kappa shape index (κ2) is 5.95. The Labute approximate surface area is 123 Å². The minimum Gasteiger partial charge on any atom is -0.465 e. The molecule has 0 bridgehead atoms. The van der Waals surface area contributed by atoms with Gasteiger partial charge in [0.2, 0.25) is 0 Å². The maximum Gasteiger partial charge on any atom is 0.326 e. The maximum absolute atomic E-state index is 12.6. The molecule has 1 aromatic carbocycles. The number of urea groups is 1. The lowest BCUT2D eigenvalue weighted by Gasteiger charge is -2.25. The van der Waals surface area contributed by atoms with Crippen molar-refractivity contribution in [2.45, 2.75) is 25.8 Å². The lowest BCUT2D eigenvalue weighted by atomic mass is 9.87. The first-order valence-corrected chi connectivity index (χ1v) is 6.90. The summed E-state index contributed by atoms with van der Waals surface area (Å²) in [5.41, 5.74) is -0.401. The number of hydrogen-bond acceptors (Lipinski definition) is 4. The summed E-state index contributed by atoms with van der Waals surface area (Å²) < 4.78 is 4.80. The fourth-order valence-corrected chi connectivity index (χ4v) is 2.47. The Morgan fingerprint density at radius 2 is 1.90 bits per heavy atom. The van der Waals surface area contributed by atoms with Crippen LogP contribution in [0.2, 0.25) is 0 Å². The van der Waals surface area contributed by atoms with Crippen LogP contribution in [0.25, 0.3) is 0 Å². The molecule has 1 aliphatic rings. The fraction of sp³-hybridized carbons (Fsp3) is 0.400. The van der Waals surface area contributed by atoms with Crippen molar-refractivity contribution in [3.8, 4) is 0 Å². The van der Waals surface area contributed by atoms with Gasteiger partial charge in [0.15, 0.2) is 0 Å². The van der Waals surface area contributed by atoms with Crippen LogP contribution in [-0.2, 0) is 19.9 Å². The summed E-state index contributed by atoms with van der Waals surface area (Å²) in [6, 6.07) is 8.45. The second-order valence-corrected chi connectivity index (χ2v) is 4.75. The van der Waals surface area contributed by atoms with Gasteiger partial charge < -0.3 is 10.1 Å². The van der Waals surface area contributed by atoms with E-state index < -0.39 is 23.4 Å². The normalized spacial score (nSPS) is 21.3. The molecule has 0 spiro atoms. The largest absolute Gasteiger partial charge is 0.465 e. The highest BCUT2D eigenvalue weighted by molar-refractivity contribution is 6.09. The summed E-state index contributed by atoms with van der Waals surface area (Å²) in [6.07, 6.45) is 0.404. The van der Waals surface area contributed by atoms with Gasteiger partial charge in [-0.3, -0.25) is 14.5 Å². The molecular formula is C15H18N2O4. The summed E-state index contributed by atoms with van der Waals surface area (Å²) in [4.78, 5) is 37.1. The van der Waals surface area contributed by atoms with Crippen molar-refractivity contribution in [3.63, 3.8) is 0 Å². The van der Waals surface area contributed by atoms with E-state index in [-0.39, 0.29) is 13.2 Å². The predicted molar refractivity (Wildman–Crippen MR) is 75.3 cm³/mol. The van der Waals surface area contributed by atoms with Gasteiger partial charge in [0.25, 0.3) is 5.91 Å². The van der Waals surface area contributed by atoms with E-state index in [0.29, 0.717) is 12.0 Å². The average Bonchev–Trinajstić information content (AvgIpc) is 2.73. The van der Waals surface area contributed by atoms with E-state index in [1.54, 1.807) is 31.2 Å². The first-order valence-electron chi connectivity index (χ1n) is 6.90. The summed E-state index contributed by atoms with van der Waals surface area (Å²) in [5, 5.41) is 2.71. The van der Waals surface area contributed by atoms with Crippen LogP contribution < -0.4 is 5.32 Å². The first-order chi connectivity index (χ1) is 10.0. The molecule has 6 heteroatoms. The van der Waals surface area contributed by atoms with Crippen LogP contribution in [0.5, 0.6) is 0 Å². The molecule has 1 N–H and O–H groups in total. The van der Waals surface area contributed by atoms with E-state index in [2.05, 4.69) is 5.32 Å². The average molecular weight is 290 g/mol. The molecule has 1 saturated heterocycles. The minimum absolute atomic E-state index is 0.208. The monoisotopic (exact) mass is 290 g/mol. The Kier molecular flexibility index (Phi) is 4.26. The van der Waals surface area contributed by atoms with Crippen LogP contribution in [0.1, 0.15) is 25.8 Å². The number of nitrogens with zero attached hydrogens (tertiary/aromatic N) is 1. The Morgan fingerprint density at radius 3 is 2.48 bits per heavy atom. The molecule has 112 valence electrons. The van der Waals surface area contributed by atoms with Gasteiger partial charge in [-0.2, -0.15) is 0 Å². The van der Waals surface area contributed by atoms with Crippen LogP contribution in [0.4, 0.5) is 4.79 Å². The van der Waals surface area contributed by atoms with E-state index >= 15 is 0 Å². The van der Waals surface area contributed by atoms with Crippen LogP contribution in [0.3, 0.4) is 0 Å². The van der Waals surface area contributed by atoms with Gasteiger partial charge in [0.05, 0.1) is 6.61 Å². The molecule has 0 radical (unpaired) electrons. The number of carbonyl (C=O) groups is 3. The van der Waals surface area contributed by atoms with Gasteiger partial charge in [-0.05, 0) is 18.9 Å². The quantitative estimate of drug-likeness (QED) is 0.657. The SMILES string of the molecule is CCOC(=O)CN1C(=O)N[C@](CC)(c2ccccc2)C1=O. The highest BCUT2D eigenvalue weighted by Crippen LogP contribution is 2.32. The van der Waals surface area contributed by atoms with Crippen molar-refractivity contribution >= 4 is 17.9 Å². The molecule has 1 aromatic rings. The van der Waals surface area contributed by atoms with Gasteiger partial charge in [-0.15, -0.1) is 0 Å². The third kappa shape index (κ3) is 2.61. The molecule has 0 aromatic heterocycles. The van der Waals surface area contributed by atoms with E-state index in [9.17, 15) is 14.4 Å². The number of esters is 1. The third-order valence-electron chi connectivity index (χ3n) is 3.57. The molecule has 2 rings (SSSR count). The van der Waals surface area contributed by atoms with Crippen LogP contribution in [0.15, 0.2) is 30.3 Å². The number of hydrogen-bond donors (Lipinski definition) is 1. The lowest BCUT2D eigenvalue weighted by Crippen LogP contribution is -2.43. The van der Waals surface area contributed by atoms with E-state index in [1.807, 2.05) is 13.0 Å². The van der Waals surface area contributed by atoms with Crippen LogP contribution in [0, 0.1) is 0 Å². The Morgan fingerprint density at radius 1 is 1.24 bits per heavy atom. The van der Waals surface area contributed by atoms with E-state index in [4.69, 9.17) is 4.74 Å². The van der Waals surface area contributed by atoms with Gasteiger partial charge in [-0.1, -0.05) is 37.3 Å². The molecule has 21 heavy (non-hydrogen) atoms. The maximum atomic E-state index is 12.6. The third-order valence-corrected chi connectivity index (χ3v) is 3.57. The summed E-state index contributed by atoms with van der Waals surface area (Å²) in [5.74, 6) is -1.02. The van der Waals surface area contributed by atoms with Crippen LogP contribution in [-0.4, -0.2) is 36.0 Å². The smallest absolute Gasteiger partial charge is 0.326 e. The predicted octanol–water partition coefficient (Wildman–Crippen LogP) is 1.41. The van der Waals surface area contributed by atoms with Crippen molar-refractivity contribution in [2.24, 2.45) is 0 Å². The zero-order valence-electron chi connectivity index (χ0n) is 12.1. The van der Waals surface area contributed by atoms with E-state index in [1.165, 1.54) is 0 Å². The van der Waals surface area contributed by atoms with E-state index in [0.717, 1.165) is 4.90 Å². The van der Waals surface area contributed by atoms with Gasteiger partial charge in [0, 0.05) is 0 Å². The Balaban J connectivity index is 2.29. The molecular weight excluding hydrogens is 272 g/mol. The Bertz CT molecular complexity index is 558. The molecule has 1 heterocycles. The number of carbonyl (C=O) groups excluding carboxylic acids is 3. The van der Waals surface area contributed by atoms with Crippen LogP contribution >= 0.6 is 0 Å². The molecule has 3 amide bonds. The van der Waals surface area contributed by atoms with Crippen molar-refractivity contribution in [1.29, 1.82) is 0 Å². The molecule has 0 aliphatic carbocycles. The zero-order chi connectivity index (χ0) is 15.5. The van der Waals surface area contributed by atoms with Gasteiger partial charge in [-0.25, -0.2) is 4.79 Å². The minimum atomic E-state index is -1.11. The summed E-state index contributed by atoms with van der Waals surface area (Å²) in [7, 11) is 0. The molecule has 1 aliphatic heterocycles. The Hall–Kier alpha value is -2.37. The van der Waals surface area contributed by atoms with Crippen molar-refractivity contribution < 1.29 is 19.1 Å². The molecule has 6 nitrogen and oxygen atoms in total. The zero-order valence-corrected chi connectivity index (χ0v) is 12.1. The van der Waals surface area contributed by atoms with Crippen molar-refractivity contribution in [1.82, 2.24) is 10.2 Å². The number of benzene rings is 1. The molecule has 0 saturated carbocycles. The molecule has 1 atom stereocenters. The molecule has 0 unspecified atom stereocenters. The number of rotatable bonds is 5. The standard InChI is InChI=1S/C15H18N2O4/c1-3-15(11-8-6-5-7-9-11)13(19)17(14(20)16-15)10-12(18)21-4-2/h5-9H,3-4,10H2,1-2H3,(H,16,20)/t15-/m1/s1. The number of amides is 3. The topological polar surface area (TPSA) is 75.7 Å². The van der Waals surface area contributed by atoms with Gasteiger partial charge in [0.1, 0.15) is 12.1 Å². The molecule has 1 fully saturated rings. The number of ether oxygens (including phenoxy) is 1. The number of nitrogens with one attached hydrogen (secondary N) is 1. The highest BCUT2D eigenvalue weighted by Gasteiger charge is 2.51. The number of imide groups is 1. The second-order valence-electron chi connectivity index (χ2n) is 4.75. The first kappa shape index (κ1) is 15.0. The van der Waals surface area contributed by atoms with Gasteiger partial charge >= 0.3 is 12.0 Å². The summed E-state index contributed by atoms with van der Waals surface area (Å²) in [6.45, 7) is 3.33. The fourth-order valence-electron chi connectivity index (χ4n) is 2.47. The lowest BCUT2D eigenvalue weighted by molar-refractivity contribution is -0.147.